The number of ketones is 1. The summed E-state index contributed by atoms with van der Waals surface area (Å²) < 4.78 is 42.4. The molecule has 3 aromatic rings. The number of phenols is 4. The van der Waals surface area contributed by atoms with Gasteiger partial charge in [-0.05, 0) is 54.4 Å². The van der Waals surface area contributed by atoms with Gasteiger partial charge in [0.1, 0.15) is 34.7 Å². The van der Waals surface area contributed by atoms with E-state index in [1.807, 2.05) is 13.8 Å². The van der Waals surface area contributed by atoms with E-state index in [0.717, 1.165) is 12.1 Å². The van der Waals surface area contributed by atoms with Crippen LogP contribution in [0.3, 0.4) is 0 Å². The third kappa shape index (κ3) is 9.83. The van der Waals surface area contributed by atoms with E-state index in [4.69, 9.17) is 19.4 Å². The minimum Gasteiger partial charge on any atom is -0.508 e. The molecule has 1 fully saturated rings. The second-order valence-electron chi connectivity index (χ2n) is 10.9. The first-order chi connectivity index (χ1) is 22.9. The van der Waals surface area contributed by atoms with Gasteiger partial charge in [-0.15, -0.1) is 0 Å². The number of alkyl halides is 3. The number of esters is 2. The number of carbonyl (C=O) groups excluding carboxylic acids is 4. The molecule has 1 heterocycles. The van der Waals surface area contributed by atoms with Gasteiger partial charge >= 0.3 is 24.1 Å². The predicted octanol–water partition coefficient (Wildman–Crippen LogP) is 3.11. The van der Waals surface area contributed by atoms with Crippen molar-refractivity contribution in [1.29, 1.82) is 0 Å². The number of benzene rings is 3. The van der Waals surface area contributed by atoms with E-state index in [2.05, 4.69) is 10.6 Å². The second kappa shape index (κ2) is 15.8. The van der Waals surface area contributed by atoms with E-state index in [9.17, 15) is 52.8 Å². The number of nitrogens with one attached hydrogen (secondary N) is 2. The van der Waals surface area contributed by atoms with E-state index < -0.39 is 76.3 Å². The lowest BCUT2D eigenvalue weighted by Crippen LogP contribution is -2.44. The molecule has 262 valence electrons. The number of rotatable bonds is 9. The van der Waals surface area contributed by atoms with Gasteiger partial charge in [-0.3, -0.25) is 9.59 Å². The lowest BCUT2D eigenvalue weighted by atomic mass is 9.95. The molecule has 1 amide bonds. The van der Waals surface area contributed by atoms with Crippen LogP contribution in [-0.4, -0.2) is 93.1 Å². The van der Waals surface area contributed by atoms with Gasteiger partial charge in [-0.1, -0.05) is 19.9 Å². The van der Waals surface area contributed by atoms with Gasteiger partial charge in [0.25, 0.3) is 5.91 Å². The Balaban J connectivity index is 0.000000838. The van der Waals surface area contributed by atoms with Crippen molar-refractivity contribution < 1.29 is 72.2 Å². The Bertz CT molecular complexity index is 1700. The van der Waals surface area contributed by atoms with Crippen LogP contribution in [0.5, 0.6) is 23.0 Å². The van der Waals surface area contributed by atoms with Gasteiger partial charge in [-0.2, -0.15) is 13.2 Å². The number of ether oxygens (including phenoxy) is 2. The number of hydrogen-bond donors (Lipinski definition) is 7. The summed E-state index contributed by atoms with van der Waals surface area (Å²) in [7, 11) is 0. The largest absolute Gasteiger partial charge is 0.508 e. The summed E-state index contributed by atoms with van der Waals surface area (Å²) in [6.07, 6.45) is -5.88. The molecule has 49 heavy (non-hydrogen) atoms. The van der Waals surface area contributed by atoms with Crippen molar-refractivity contribution in [3.63, 3.8) is 0 Å². The van der Waals surface area contributed by atoms with Crippen molar-refractivity contribution in [2.75, 3.05) is 19.7 Å². The van der Waals surface area contributed by atoms with Crippen LogP contribution in [0.4, 0.5) is 13.2 Å². The molecule has 0 unspecified atom stereocenters. The number of halogens is 3. The van der Waals surface area contributed by atoms with Crippen LogP contribution < -0.4 is 10.6 Å². The quantitative estimate of drug-likeness (QED) is 0.126. The Hall–Kier alpha value is -5.84. The number of carbonyl (C=O) groups is 5. The highest BCUT2D eigenvalue weighted by molar-refractivity contribution is 6.18. The Labute approximate surface area is 275 Å². The first kappa shape index (κ1) is 37.6. The number of amides is 1. The highest BCUT2D eigenvalue weighted by atomic mass is 19.4. The lowest BCUT2D eigenvalue weighted by Gasteiger charge is -2.21. The molecule has 0 aromatic heterocycles. The number of aliphatic carboxylic acids is 1. The van der Waals surface area contributed by atoms with E-state index in [1.54, 1.807) is 0 Å². The van der Waals surface area contributed by atoms with Gasteiger partial charge in [0.2, 0.25) is 5.78 Å². The topological polar surface area (TPSA) is 229 Å². The molecule has 1 saturated heterocycles. The summed E-state index contributed by atoms with van der Waals surface area (Å²) in [6.45, 7) is 4.22. The molecule has 0 bridgehead atoms. The fraction of sp³-hybridized carbons (Fsp3) is 0.281. The van der Waals surface area contributed by atoms with Gasteiger partial charge in [0.15, 0.2) is 0 Å². The van der Waals surface area contributed by atoms with Crippen LogP contribution >= 0.6 is 0 Å². The van der Waals surface area contributed by atoms with Gasteiger partial charge in [0.05, 0.1) is 29.3 Å². The Morgan fingerprint density at radius 2 is 1.45 bits per heavy atom. The maximum atomic E-state index is 13.3. The van der Waals surface area contributed by atoms with Crippen molar-refractivity contribution >= 4 is 29.6 Å². The van der Waals surface area contributed by atoms with Gasteiger partial charge in [-0.25, -0.2) is 14.4 Å². The molecule has 1 aliphatic heterocycles. The first-order valence-corrected chi connectivity index (χ1v) is 14.3. The molecule has 0 radical (unpaired) electrons. The van der Waals surface area contributed by atoms with Crippen molar-refractivity contribution in [2.45, 2.75) is 32.2 Å². The molecule has 0 spiro atoms. The van der Waals surface area contributed by atoms with E-state index in [0.29, 0.717) is 12.1 Å². The van der Waals surface area contributed by atoms with E-state index >= 15 is 0 Å². The van der Waals surface area contributed by atoms with Crippen molar-refractivity contribution in [3.8, 4) is 23.0 Å². The summed E-state index contributed by atoms with van der Waals surface area (Å²) in [5, 5.41) is 54.0. The first-order valence-electron chi connectivity index (χ1n) is 14.3. The fourth-order valence-corrected chi connectivity index (χ4v) is 4.35. The summed E-state index contributed by atoms with van der Waals surface area (Å²) in [5.41, 5.74) is -1.40. The third-order valence-electron chi connectivity index (χ3n) is 6.70. The Kier molecular flexibility index (Phi) is 12.2. The molecule has 4 rings (SSSR count). The monoisotopic (exact) mass is 692 g/mol. The number of aromatic hydroxyl groups is 4. The van der Waals surface area contributed by atoms with Crippen molar-refractivity contribution in [2.24, 2.45) is 5.92 Å². The predicted molar refractivity (Wildman–Crippen MR) is 162 cm³/mol. The summed E-state index contributed by atoms with van der Waals surface area (Å²) in [5.74, 6) is -8.24. The standard InChI is InChI=1S/C30H30N2O10.C2HF3O2/c1-15(2)14-41-30(40)19-4-3-5-21(34)25(19)27(37)26-22(35)10-17(11-23(26)36)29(39)42-24-13-31-12-20(24)32-28(38)16-6-8-18(33)9-7-16;3-2(4,5)1(6)7/h3-11,15,20,24,31,33-36H,12-14H2,1-2H3,(H,32,38);(H,6,7)/t20-,24-;/m1./s1. The fourth-order valence-electron chi connectivity index (χ4n) is 4.35. The van der Waals surface area contributed by atoms with E-state index in [1.165, 1.54) is 42.5 Å². The number of carboxylic acid groups (broad SMARTS) is 1. The molecule has 1 aliphatic rings. The molecular weight excluding hydrogens is 661 g/mol. The van der Waals surface area contributed by atoms with Gasteiger partial charge < -0.3 is 45.6 Å². The minimum atomic E-state index is -5.08. The zero-order valence-electron chi connectivity index (χ0n) is 25.8. The highest BCUT2D eigenvalue weighted by Gasteiger charge is 2.38. The Morgan fingerprint density at radius 1 is 0.857 bits per heavy atom. The summed E-state index contributed by atoms with van der Waals surface area (Å²) in [6, 6.07) is 10.6. The van der Waals surface area contributed by atoms with Crippen LogP contribution in [-0.2, 0) is 14.3 Å². The average Bonchev–Trinajstić information content (AvgIpc) is 3.45. The zero-order valence-corrected chi connectivity index (χ0v) is 25.8. The maximum absolute atomic E-state index is 13.3. The van der Waals surface area contributed by atoms with Crippen molar-refractivity contribution in [3.05, 3.63) is 82.4 Å². The molecular formula is C32H31F3N2O12. The number of phenolic OH excluding ortho intramolecular Hbond substituents is 4. The Morgan fingerprint density at radius 3 is 2.00 bits per heavy atom. The zero-order chi connectivity index (χ0) is 36.6. The normalized spacial score (nSPS) is 15.5. The van der Waals surface area contributed by atoms with Crippen LogP contribution in [0.1, 0.15) is 60.8 Å². The molecule has 14 nitrogen and oxygen atoms in total. The van der Waals surface area contributed by atoms with Crippen LogP contribution in [0, 0.1) is 5.92 Å². The molecule has 7 N–H and O–H groups in total. The molecule has 3 aromatic carbocycles. The second-order valence-corrected chi connectivity index (χ2v) is 10.9. The molecule has 2 atom stereocenters. The van der Waals surface area contributed by atoms with Crippen molar-refractivity contribution in [1.82, 2.24) is 10.6 Å². The van der Waals surface area contributed by atoms with Crippen LogP contribution in [0.25, 0.3) is 0 Å². The molecule has 17 heteroatoms. The SMILES string of the molecule is CC(C)COC(=O)c1cccc(O)c1C(=O)c1c(O)cc(C(=O)O[C@@H]2CNC[C@H]2NC(=O)c2ccc(O)cc2)cc1O.O=C(O)C(F)(F)F. The van der Waals surface area contributed by atoms with Crippen LogP contribution in [0.15, 0.2) is 54.6 Å². The molecule has 0 saturated carbocycles. The third-order valence-corrected chi connectivity index (χ3v) is 6.70. The lowest BCUT2D eigenvalue weighted by molar-refractivity contribution is -0.192. The maximum Gasteiger partial charge on any atom is 0.490 e. The minimum absolute atomic E-state index is 0.00488. The summed E-state index contributed by atoms with van der Waals surface area (Å²) in [4.78, 5) is 60.3. The van der Waals surface area contributed by atoms with E-state index in [-0.39, 0.29) is 35.9 Å². The highest BCUT2D eigenvalue weighted by Crippen LogP contribution is 2.35. The average molecular weight is 693 g/mol. The number of hydrogen-bond acceptors (Lipinski definition) is 12. The smallest absolute Gasteiger partial charge is 0.490 e. The van der Waals surface area contributed by atoms with Crippen LogP contribution in [0.2, 0.25) is 0 Å². The molecule has 0 aliphatic carbocycles. The number of carboxylic acids is 1. The summed E-state index contributed by atoms with van der Waals surface area (Å²) >= 11 is 0. The van der Waals surface area contributed by atoms with Gasteiger partial charge in [0, 0.05) is 18.7 Å².